The van der Waals surface area contributed by atoms with Gasteiger partial charge in [-0.2, -0.15) is 5.10 Å². The first-order valence-electron chi connectivity index (χ1n) is 18.4. The summed E-state index contributed by atoms with van der Waals surface area (Å²) in [5, 5.41) is 21.0. The van der Waals surface area contributed by atoms with Crippen LogP contribution in [-0.2, 0) is 16.6 Å². The number of hydrogen-bond donors (Lipinski definition) is 2. The van der Waals surface area contributed by atoms with Gasteiger partial charge in [0.15, 0.2) is 5.01 Å². The van der Waals surface area contributed by atoms with Gasteiger partial charge in [0, 0.05) is 83.9 Å². The summed E-state index contributed by atoms with van der Waals surface area (Å²) in [6, 6.07) is 13.0. The average molecular weight is 758 g/mol. The van der Waals surface area contributed by atoms with Crippen molar-refractivity contribution in [3.63, 3.8) is 0 Å². The number of pyridine rings is 1. The maximum absolute atomic E-state index is 13.2. The number of amides is 2. The van der Waals surface area contributed by atoms with Crippen molar-refractivity contribution in [2.24, 2.45) is 13.0 Å². The van der Waals surface area contributed by atoms with E-state index < -0.39 is 11.9 Å². The zero-order valence-corrected chi connectivity index (χ0v) is 31.3. The number of aryl methyl sites for hydroxylation is 1. The monoisotopic (exact) mass is 757 g/mol. The van der Waals surface area contributed by atoms with E-state index in [0.717, 1.165) is 102 Å². The standard InChI is InChI=1S/C38H39N13O3S/c1-39-24-16-26-5-6-30(51(26)42-19-24)29-18-28(40-2)27(20-41-29)36-44-45-37(55-36)48-14-12-47(13-15-48)21-23-10-11-49(22-23)25-4-7-31-33(17-25)46(3)38(54)50(31)32-8-9-34(52)43-35(32)53/h4-7,16-20,23,32H,8-15,21-22H2,2-3H3,(H,40,41)(H,43,52,53)/t23-,32?/m0/s1. The van der Waals surface area contributed by atoms with Gasteiger partial charge < -0.3 is 15.1 Å². The first kappa shape index (κ1) is 34.6. The molecule has 0 saturated carbocycles. The molecule has 8 heterocycles. The molecule has 3 aliphatic rings. The summed E-state index contributed by atoms with van der Waals surface area (Å²) in [5.74, 6) is -0.193. The van der Waals surface area contributed by atoms with E-state index in [9.17, 15) is 14.4 Å². The number of aromatic nitrogens is 7. The van der Waals surface area contributed by atoms with Gasteiger partial charge in [-0.3, -0.25) is 33.9 Å². The molecule has 1 unspecified atom stereocenters. The zero-order chi connectivity index (χ0) is 37.8. The fourth-order valence-electron chi connectivity index (χ4n) is 8.15. The third kappa shape index (κ3) is 6.26. The second-order valence-corrected chi connectivity index (χ2v) is 15.3. The van der Waals surface area contributed by atoms with E-state index in [-0.39, 0.29) is 18.0 Å². The molecule has 2 amide bonds. The Labute approximate surface area is 319 Å². The fraction of sp³-hybridized carbons (Fsp3) is 0.368. The van der Waals surface area contributed by atoms with Crippen molar-refractivity contribution >= 4 is 61.9 Å². The molecule has 1 aromatic carbocycles. The van der Waals surface area contributed by atoms with E-state index in [4.69, 9.17) is 11.6 Å². The molecule has 0 radical (unpaired) electrons. The van der Waals surface area contributed by atoms with Crippen LogP contribution >= 0.6 is 11.3 Å². The van der Waals surface area contributed by atoms with Crippen LogP contribution in [0.1, 0.15) is 25.3 Å². The molecule has 5 aromatic heterocycles. The molecule has 55 heavy (non-hydrogen) atoms. The van der Waals surface area contributed by atoms with Gasteiger partial charge in [-0.15, -0.1) is 10.2 Å². The summed E-state index contributed by atoms with van der Waals surface area (Å²) in [6.45, 7) is 13.8. The summed E-state index contributed by atoms with van der Waals surface area (Å²) in [6.07, 6.45) is 5.02. The molecule has 2 atom stereocenters. The van der Waals surface area contributed by atoms with Crippen LogP contribution in [0.25, 0.3) is 43.4 Å². The summed E-state index contributed by atoms with van der Waals surface area (Å²) < 4.78 is 4.92. The molecule has 0 bridgehead atoms. The maximum Gasteiger partial charge on any atom is 0.329 e. The van der Waals surface area contributed by atoms with E-state index in [0.29, 0.717) is 23.5 Å². The van der Waals surface area contributed by atoms with Crippen molar-refractivity contribution in [2.75, 3.05) is 68.0 Å². The van der Waals surface area contributed by atoms with Crippen molar-refractivity contribution < 1.29 is 9.59 Å². The molecule has 3 saturated heterocycles. The number of rotatable bonds is 8. The Balaban J connectivity index is 0.818. The van der Waals surface area contributed by atoms with Crippen LogP contribution in [0.2, 0.25) is 0 Å². The number of anilines is 3. The predicted molar refractivity (Wildman–Crippen MR) is 211 cm³/mol. The minimum Gasteiger partial charge on any atom is -0.387 e. The topological polar surface area (TPSA) is 155 Å². The SMILES string of the molecule is [C-]#[N+]c1cnn2c(-c3cc(NC)c(-c4nnc(N5CCN(C[C@@H]6CCN(c7ccc8c(c7)n(C)c(=O)n8C7CCC(=O)NC7=O)C6)CC5)s4)cn3)ccc2c1. The molecule has 3 fully saturated rings. The maximum atomic E-state index is 13.2. The largest absolute Gasteiger partial charge is 0.387 e. The van der Waals surface area contributed by atoms with Crippen molar-refractivity contribution in [3.8, 4) is 22.0 Å². The number of fused-ring (bicyclic) bond motifs is 2. The Morgan fingerprint density at radius 3 is 2.62 bits per heavy atom. The highest BCUT2D eigenvalue weighted by molar-refractivity contribution is 7.18. The quantitative estimate of drug-likeness (QED) is 0.172. The van der Waals surface area contributed by atoms with Crippen LogP contribution in [0.3, 0.4) is 0 Å². The average Bonchev–Trinajstić information content (AvgIpc) is 4.02. The molecule has 2 N–H and O–H groups in total. The highest BCUT2D eigenvalue weighted by Crippen LogP contribution is 2.36. The lowest BCUT2D eigenvalue weighted by Gasteiger charge is -2.35. The molecule has 6 aromatic rings. The van der Waals surface area contributed by atoms with Crippen molar-refractivity contribution in [1.29, 1.82) is 0 Å². The molecular formula is C38H39N13O3S. The molecule has 16 nitrogen and oxygen atoms in total. The second kappa shape index (κ2) is 13.9. The number of imidazole rings is 1. The first-order chi connectivity index (χ1) is 26.8. The Morgan fingerprint density at radius 2 is 1.82 bits per heavy atom. The van der Waals surface area contributed by atoms with Crippen LogP contribution in [0, 0.1) is 12.5 Å². The van der Waals surface area contributed by atoms with E-state index >= 15 is 0 Å². The first-order valence-corrected chi connectivity index (χ1v) is 19.2. The summed E-state index contributed by atoms with van der Waals surface area (Å²) >= 11 is 1.57. The third-order valence-corrected chi connectivity index (χ3v) is 12.1. The third-order valence-electron chi connectivity index (χ3n) is 11.1. The lowest BCUT2D eigenvalue weighted by atomic mass is 10.1. The van der Waals surface area contributed by atoms with Gasteiger partial charge in [-0.25, -0.2) is 14.2 Å². The number of imide groups is 1. The summed E-state index contributed by atoms with van der Waals surface area (Å²) in [4.78, 5) is 53.0. The normalized spacial score (nSPS) is 19.4. The molecule has 9 rings (SSSR count). The van der Waals surface area contributed by atoms with Crippen LogP contribution < -0.4 is 26.1 Å². The van der Waals surface area contributed by atoms with Gasteiger partial charge in [0.2, 0.25) is 22.6 Å². The molecule has 0 spiro atoms. The van der Waals surface area contributed by atoms with Gasteiger partial charge in [-0.05, 0) is 61.2 Å². The highest BCUT2D eigenvalue weighted by atomic mass is 32.1. The van der Waals surface area contributed by atoms with Crippen molar-refractivity contribution in [1.82, 2.24) is 44.1 Å². The van der Waals surface area contributed by atoms with E-state index in [1.807, 2.05) is 49.6 Å². The van der Waals surface area contributed by atoms with Gasteiger partial charge >= 0.3 is 5.69 Å². The van der Waals surface area contributed by atoms with Crippen molar-refractivity contribution in [3.05, 3.63) is 76.8 Å². The van der Waals surface area contributed by atoms with Crippen LogP contribution in [0.5, 0.6) is 0 Å². The number of piperazine rings is 1. The van der Waals surface area contributed by atoms with Crippen LogP contribution in [0.4, 0.5) is 22.2 Å². The minimum absolute atomic E-state index is 0.219. The number of nitrogens with zero attached hydrogens (tertiary/aromatic N) is 11. The highest BCUT2D eigenvalue weighted by Gasteiger charge is 2.32. The smallest absolute Gasteiger partial charge is 0.329 e. The van der Waals surface area contributed by atoms with E-state index in [1.54, 1.807) is 33.7 Å². The molecule has 0 aliphatic carbocycles. The molecule has 17 heteroatoms. The lowest BCUT2D eigenvalue weighted by Crippen LogP contribution is -2.48. The Bertz CT molecular complexity index is 2570. The molecular weight excluding hydrogens is 719 g/mol. The van der Waals surface area contributed by atoms with E-state index in [2.05, 4.69) is 51.5 Å². The van der Waals surface area contributed by atoms with Gasteiger partial charge in [-0.1, -0.05) is 11.3 Å². The van der Waals surface area contributed by atoms with Crippen LogP contribution in [-0.4, -0.2) is 104 Å². The number of nitrogens with one attached hydrogen (secondary N) is 2. The number of benzene rings is 1. The van der Waals surface area contributed by atoms with Crippen molar-refractivity contribution in [2.45, 2.75) is 25.3 Å². The Hall–Kier alpha value is -6.12. The summed E-state index contributed by atoms with van der Waals surface area (Å²) in [7, 11) is 3.62. The fourth-order valence-corrected chi connectivity index (χ4v) is 9.07. The minimum atomic E-state index is -0.690. The Kier molecular flexibility index (Phi) is 8.78. The van der Waals surface area contributed by atoms with Gasteiger partial charge in [0.1, 0.15) is 6.04 Å². The van der Waals surface area contributed by atoms with Gasteiger partial charge in [0.25, 0.3) is 0 Å². The lowest BCUT2D eigenvalue weighted by molar-refractivity contribution is -0.135. The second-order valence-electron chi connectivity index (χ2n) is 14.4. The number of hydrogen-bond acceptors (Lipinski definition) is 12. The number of piperidine rings is 1. The molecule has 280 valence electrons. The number of carbonyl (C=O) groups is 2. The number of carbonyl (C=O) groups excluding carboxylic acids is 2. The van der Waals surface area contributed by atoms with E-state index in [1.165, 1.54) is 4.57 Å². The Morgan fingerprint density at radius 1 is 0.964 bits per heavy atom. The predicted octanol–water partition coefficient (Wildman–Crippen LogP) is 3.79. The molecule has 3 aliphatic heterocycles. The zero-order valence-electron chi connectivity index (χ0n) is 30.5. The van der Waals surface area contributed by atoms with Crippen LogP contribution in [0.15, 0.2) is 59.7 Å². The van der Waals surface area contributed by atoms with Gasteiger partial charge in [0.05, 0.1) is 46.3 Å². The summed E-state index contributed by atoms with van der Waals surface area (Å²) in [5.41, 5.74) is 7.02.